The number of carbonyl (C=O) groups is 1. The molecule has 30 heavy (non-hydrogen) atoms. The van der Waals surface area contributed by atoms with Gasteiger partial charge in [0.05, 0.1) is 6.54 Å². The number of amides is 1. The third-order valence-corrected chi connectivity index (χ3v) is 5.17. The maximum Gasteiger partial charge on any atom is 0.273 e. The summed E-state index contributed by atoms with van der Waals surface area (Å²) in [6.07, 6.45) is 0.188. The number of nitrogens with two attached hydrogens (primary N) is 1. The highest BCUT2D eigenvalue weighted by Crippen LogP contribution is 2.29. The number of aromatic nitrogens is 3. The molecule has 1 aliphatic heterocycles. The van der Waals surface area contributed by atoms with Gasteiger partial charge in [-0.2, -0.15) is 0 Å². The number of carbonyl (C=O) groups excluding carboxylic acids is 1. The molecule has 1 unspecified atom stereocenters. The molecule has 2 N–H and O–H groups in total. The summed E-state index contributed by atoms with van der Waals surface area (Å²) in [6, 6.07) is 11.5. The number of rotatable bonds is 5. The molecular weight excluding hydrogens is 382 g/mol. The van der Waals surface area contributed by atoms with E-state index in [1.54, 1.807) is 18.1 Å². The van der Waals surface area contributed by atoms with Crippen LogP contribution in [0.2, 0.25) is 0 Å². The van der Waals surface area contributed by atoms with Crippen LogP contribution in [0.3, 0.4) is 0 Å². The first kappa shape index (κ1) is 20.0. The zero-order chi connectivity index (χ0) is 21.3. The van der Waals surface area contributed by atoms with Crippen molar-refractivity contribution in [2.45, 2.75) is 38.8 Å². The second-order valence-electron chi connectivity index (χ2n) is 7.62. The van der Waals surface area contributed by atoms with Gasteiger partial charge in [0.25, 0.3) is 5.91 Å². The van der Waals surface area contributed by atoms with Crippen molar-refractivity contribution in [2.24, 2.45) is 0 Å². The van der Waals surface area contributed by atoms with Crippen LogP contribution >= 0.6 is 0 Å². The number of anilines is 1. The predicted molar refractivity (Wildman–Crippen MR) is 111 cm³/mol. The Morgan fingerprint density at radius 2 is 1.97 bits per heavy atom. The van der Waals surface area contributed by atoms with Gasteiger partial charge in [0.2, 0.25) is 11.8 Å². The summed E-state index contributed by atoms with van der Waals surface area (Å²) in [5.41, 5.74) is 8.57. The zero-order valence-electron chi connectivity index (χ0n) is 17.3. The standard InChI is InChI=1S/C22H25N5O3/c1-13(2)15-11-16(26-22(23)25-15)21(28)27-10-9-18-17(12-27)24-20(30-18)19(29-3)14-7-5-4-6-8-14/h4-8,11,13,19H,9-10,12H2,1-3H3,(H2,23,25,26). The molecule has 1 amide bonds. The van der Waals surface area contributed by atoms with Crippen LogP contribution < -0.4 is 5.73 Å². The Morgan fingerprint density at radius 3 is 2.67 bits per heavy atom. The van der Waals surface area contributed by atoms with Gasteiger partial charge in [-0.15, -0.1) is 0 Å². The van der Waals surface area contributed by atoms with Crippen molar-refractivity contribution in [2.75, 3.05) is 19.4 Å². The van der Waals surface area contributed by atoms with Crippen molar-refractivity contribution in [3.05, 3.63) is 70.7 Å². The Bertz CT molecular complexity index is 1050. The summed E-state index contributed by atoms with van der Waals surface area (Å²) in [5, 5.41) is 0. The van der Waals surface area contributed by atoms with Gasteiger partial charge in [-0.05, 0) is 17.5 Å². The number of hydrogen-bond donors (Lipinski definition) is 1. The Labute approximate surface area is 175 Å². The van der Waals surface area contributed by atoms with Gasteiger partial charge < -0.3 is 19.8 Å². The van der Waals surface area contributed by atoms with E-state index in [-0.39, 0.29) is 17.8 Å². The highest BCUT2D eigenvalue weighted by Gasteiger charge is 2.29. The van der Waals surface area contributed by atoms with Crippen LogP contribution in [0.5, 0.6) is 0 Å². The Balaban J connectivity index is 1.56. The fourth-order valence-corrected chi connectivity index (χ4v) is 3.56. The molecule has 0 radical (unpaired) electrons. The van der Waals surface area contributed by atoms with E-state index in [2.05, 4.69) is 15.0 Å². The largest absolute Gasteiger partial charge is 0.442 e. The highest BCUT2D eigenvalue weighted by molar-refractivity contribution is 5.92. The molecule has 8 nitrogen and oxygen atoms in total. The predicted octanol–water partition coefficient (Wildman–Crippen LogP) is 3.10. The van der Waals surface area contributed by atoms with Crippen molar-refractivity contribution in [3.8, 4) is 0 Å². The molecule has 3 aromatic rings. The van der Waals surface area contributed by atoms with Gasteiger partial charge in [0.1, 0.15) is 17.1 Å². The van der Waals surface area contributed by atoms with E-state index in [1.807, 2.05) is 44.2 Å². The smallest absolute Gasteiger partial charge is 0.273 e. The molecule has 156 valence electrons. The van der Waals surface area contributed by atoms with Crippen molar-refractivity contribution in [3.63, 3.8) is 0 Å². The molecule has 1 atom stereocenters. The molecule has 3 heterocycles. The Hall–Kier alpha value is -3.26. The molecule has 0 aliphatic carbocycles. The van der Waals surface area contributed by atoms with Crippen LogP contribution in [-0.4, -0.2) is 39.4 Å². The van der Waals surface area contributed by atoms with Gasteiger partial charge in [0, 0.05) is 25.8 Å². The van der Waals surface area contributed by atoms with E-state index in [0.717, 1.165) is 22.7 Å². The van der Waals surface area contributed by atoms with Gasteiger partial charge in [0.15, 0.2) is 6.10 Å². The minimum absolute atomic E-state index is 0.108. The summed E-state index contributed by atoms with van der Waals surface area (Å²) >= 11 is 0. The normalized spacial score (nSPS) is 14.6. The fraction of sp³-hybridized carbons (Fsp3) is 0.364. The number of hydrogen-bond acceptors (Lipinski definition) is 7. The van der Waals surface area contributed by atoms with E-state index < -0.39 is 6.10 Å². The summed E-state index contributed by atoms with van der Waals surface area (Å²) in [4.78, 5) is 27.8. The summed E-state index contributed by atoms with van der Waals surface area (Å²) < 4.78 is 11.6. The fourth-order valence-electron chi connectivity index (χ4n) is 3.56. The van der Waals surface area contributed by atoms with E-state index >= 15 is 0 Å². The third-order valence-electron chi connectivity index (χ3n) is 5.17. The van der Waals surface area contributed by atoms with Crippen LogP contribution in [0.4, 0.5) is 5.95 Å². The Morgan fingerprint density at radius 1 is 1.20 bits per heavy atom. The van der Waals surface area contributed by atoms with Crippen LogP contribution in [0.1, 0.15) is 65.0 Å². The van der Waals surface area contributed by atoms with E-state index in [4.69, 9.17) is 14.9 Å². The molecule has 8 heteroatoms. The maximum absolute atomic E-state index is 13.1. The minimum atomic E-state index is -0.392. The maximum atomic E-state index is 13.1. The lowest BCUT2D eigenvalue weighted by molar-refractivity contribution is 0.0721. The lowest BCUT2D eigenvalue weighted by Gasteiger charge is -2.25. The third kappa shape index (κ3) is 3.91. The zero-order valence-corrected chi connectivity index (χ0v) is 17.3. The monoisotopic (exact) mass is 407 g/mol. The summed E-state index contributed by atoms with van der Waals surface area (Å²) in [5.74, 6) is 1.36. The van der Waals surface area contributed by atoms with Gasteiger partial charge in [-0.1, -0.05) is 44.2 Å². The van der Waals surface area contributed by atoms with E-state index in [9.17, 15) is 4.79 Å². The number of benzene rings is 1. The average Bonchev–Trinajstić information content (AvgIpc) is 3.16. The molecular formula is C22H25N5O3. The topological polar surface area (TPSA) is 107 Å². The van der Waals surface area contributed by atoms with Crippen molar-refractivity contribution in [1.29, 1.82) is 0 Å². The number of nitrogens with zero attached hydrogens (tertiary/aromatic N) is 4. The number of methoxy groups -OCH3 is 1. The molecule has 4 rings (SSSR count). The molecule has 2 aromatic heterocycles. The minimum Gasteiger partial charge on any atom is -0.442 e. The first-order valence-corrected chi connectivity index (χ1v) is 9.96. The van der Waals surface area contributed by atoms with Gasteiger partial charge in [-0.25, -0.2) is 15.0 Å². The van der Waals surface area contributed by atoms with Crippen LogP contribution in [-0.2, 0) is 17.7 Å². The number of ether oxygens (including phenoxy) is 1. The Kier molecular flexibility index (Phi) is 5.50. The highest BCUT2D eigenvalue weighted by atomic mass is 16.5. The molecule has 1 aromatic carbocycles. The molecule has 0 saturated carbocycles. The molecule has 0 saturated heterocycles. The van der Waals surface area contributed by atoms with Crippen molar-refractivity contribution < 1.29 is 13.9 Å². The number of oxazole rings is 1. The molecule has 0 fully saturated rings. The van der Waals surface area contributed by atoms with Crippen LogP contribution in [0.25, 0.3) is 0 Å². The quantitative estimate of drug-likeness (QED) is 0.692. The average molecular weight is 407 g/mol. The number of nitrogen functional groups attached to an aromatic ring is 1. The number of fused-ring (bicyclic) bond motifs is 1. The second kappa shape index (κ2) is 8.23. The molecule has 0 spiro atoms. The van der Waals surface area contributed by atoms with E-state index in [1.165, 1.54) is 0 Å². The summed E-state index contributed by atoms with van der Waals surface area (Å²) in [6.45, 7) is 4.87. The molecule has 0 bridgehead atoms. The van der Waals surface area contributed by atoms with Crippen molar-refractivity contribution >= 4 is 11.9 Å². The second-order valence-corrected chi connectivity index (χ2v) is 7.62. The van der Waals surface area contributed by atoms with Gasteiger partial charge in [-0.3, -0.25) is 4.79 Å². The summed E-state index contributed by atoms with van der Waals surface area (Å²) in [7, 11) is 1.63. The lowest BCUT2D eigenvalue weighted by Crippen LogP contribution is -2.36. The first-order valence-electron chi connectivity index (χ1n) is 9.96. The van der Waals surface area contributed by atoms with Crippen LogP contribution in [0.15, 0.2) is 40.8 Å². The van der Waals surface area contributed by atoms with Crippen LogP contribution in [0, 0.1) is 0 Å². The first-order chi connectivity index (χ1) is 14.5. The molecule has 1 aliphatic rings. The lowest BCUT2D eigenvalue weighted by atomic mass is 10.1. The van der Waals surface area contributed by atoms with Gasteiger partial charge >= 0.3 is 0 Å². The SMILES string of the molecule is COC(c1ccccc1)c1nc2c(o1)CCN(C(=O)c1cc(C(C)C)nc(N)n1)C2. The van der Waals surface area contributed by atoms with Crippen molar-refractivity contribution in [1.82, 2.24) is 19.9 Å². The van der Waals surface area contributed by atoms with E-state index in [0.29, 0.717) is 31.1 Å².